The van der Waals surface area contributed by atoms with Crippen molar-refractivity contribution in [1.29, 1.82) is 0 Å². The minimum absolute atomic E-state index is 0.179. The monoisotopic (exact) mass is 349 g/mol. The number of halogens is 1. The van der Waals surface area contributed by atoms with Crippen LogP contribution in [-0.2, 0) is 13.0 Å². The standard InChI is InChI=1S/C17H24BrN3/c1-4-11-19-16(14-10-8-7-9-13(14)5-2)17-15(18)12-20-21(17)6-3/h7-10,12,16,19H,4-6,11H2,1-3H3. The summed E-state index contributed by atoms with van der Waals surface area (Å²) in [6.45, 7) is 8.40. The maximum atomic E-state index is 4.47. The maximum absolute atomic E-state index is 4.47. The van der Waals surface area contributed by atoms with Crippen LogP contribution in [0.4, 0.5) is 0 Å². The van der Waals surface area contributed by atoms with Crippen molar-refractivity contribution >= 4 is 15.9 Å². The quantitative estimate of drug-likeness (QED) is 0.806. The number of hydrogen-bond acceptors (Lipinski definition) is 2. The summed E-state index contributed by atoms with van der Waals surface area (Å²) in [5.74, 6) is 0. The number of rotatable bonds is 7. The Morgan fingerprint density at radius 1 is 1.24 bits per heavy atom. The van der Waals surface area contributed by atoms with Gasteiger partial charge in [0, 0.05) is 6.54 Å². The molecule has 4 heteroatoms. The molecule has 0 saturated carbocycles. The summed E-state index contributed by atoms with van der Waals surface area (Å²) < 4.78 is 3.15. The molecule has 0 spiro atoms. The number of aromatic nitrogens is 2. The summed E-state index contributed by atoms with van der Waals surface area (Å²) >= 11 is 3.67. The molecule has 0 aliphatic rings. The molecular weight excluding hydrogens is 326 g/mol. The molecule has 1 aromatic carbocycles. The molecule has 0 aliphatic carbocycles. The highest BCUT2D eigenvalue weighted by Gasteiger charge is 2.22. The first kappa shape index (κ1) is 16.2. The lowest BCUT2D eigenvalue weighted by atomic mass is 9.96. The van der Waals surface area contributed by atoms with Crippen LogP contribution < -0.4 is 5.32 Å². The Hall–Kier alpha value is -1.13. The Bertz CT molecular complexity index is 577. The van der Waals surface area contributed by atoms with E-state index in [4.69, 9.17) is 0 Å². The molecule has 2 rings (SSSR count). The average Bonchev–Trinajstić information content (AvgIpc) is 2.89. The topological polar surface area (TPSA) is 29.9 Å². The van der Waals surface area contributed by atoms with Crippen molar-refractivity contribution in [3.8, 4) is 0 Å². The van der Waals surface area contributed by atoms with E-state index in [9.17, 15) is 0 Å². The number of aryl methyl sites for hydroxylation is 2. The van der Waals surface area contributed by atoms with Crippen LogP contribution in [0.3, 0.4) is 0 Å². The van der Waals surface area contributed by atoms with Crippen LogP contribution in [-0.4, -0.2) is 16.3 Å². The molecular formula is C17H24BrN3. The van der Waals surface area contributed by atoms with Crippen molar-refractivity contribution in [3.63, 3.8) is 0 Å². The molecule has 114 valence electrons. The van der Waals surface area contributed by atoms with E-state index in [1.54, 1.807) is 0 Å². The van der Waals surface area contributed by atoms with Crippen LogP contribution >= 0.6 is 15.9 Å². The number of hydrogen-bond donors (Lipinski definition) is 1. The summed E-state index contributed by atoms with van der Waals surface area (Å²) in [5, 5.41) is 8.16. The summed E-state index contributed by atoms with van der Waals surface area (Å²) in [6.07, 6.45) is 4.05. The molecule has 1 aromatic heterocycles. The third-order valence-electron chi connectivity index (χ3n) is 3.75. The maximum Gasteiger partial charge on any atom is 0.0762 e. The van der Waals surface area contributed by atoms with E-state index in [1.165, 1.54) is 16.8 Å². The SMILES string of the molecule is CCCNC(c1ccccc1CC)c1c(Br)cnn1CC. The molecule has 3 nitrogen and oxygen atoms in total. The van der Waals surface area contributed by atoms with Crippen molar-refractivity contribution < 1.29 is 0 Å². The first-order chi connectivity index (χ1) is 10.2. The predicted octanol–water partition coefficient (Wildman–Crippen LogP) is 4.32. The zero-order chi connectivity index (χ0) is 15.2. The third kappa shape index (κ3) is 3.55. The summed E-state index contributed by atoms with van der Waals surface area (Å²) in [7, 11) is 0. The molecule has 0 amide bonds. The van der Waals surface area contributed by atoms with Gasteiger partial charge in [0.2, 0.25) is 0 Å². The number of nitrogens with zero attached hydrogens (tertiary/aromatic N) is 2. The smallest absolute Gasteiger partial charge is 0.0762 e. The Labute approximate surface area is 135 Å². The minimum atomic E-state index is 0.179. The van der Waals surface area contributed by atoms with E-state index in [0.717, 1.165) is 30.4 Å². The molecule has 0 saturated heterocycles. The minimum Gasteiger partial charge on any atom is -0.305 e. The molecule has 1 unspecified atom stereocenters. The molecule has 1 heterocycles. The normalized spacial score (nSPS) is 12.6. The van der Waals surface area contributed by atoms with Gasteiger partial charge in [-0.2, -0.15) is 5.10 Å². The molecule has 0 radical (unpaired) electrons. The number of nitrogens with one attached hydrogen (secondary N) is 1. The Morgan fingerprint density at radius 3 is 2.67 bits per heavy atom. The van der Waals surface area contributed by atoms with Gasteiger partial charge in [-0.1, -0.05) is 38.1 Å². The lowest BCUT2D eigenvalue weighted by Gasteiger charge is -2.23. The van der Waals surface area contributed by atoms with E-state index in [2.05, 4.69) is 76.1 Å². The van der Waals surface area contributed by atoms with E-state index in [1.807, 2.05) is 6.20 Å². The van der Waals surface area contributed by atoms with Crippen LogP contribution in [0, 0.1) is 0 Å². The van der Waals surface area contributed by atoms with Gasteiger partial charge in [-0.25, -0.2) is 0 Å². The second-order valence-electron chi connectivity index (χ2n) is 5.13. The zero-order valence-electron chi connectivity index (χ0n) is 13.1. The summed E-state index contributed by atoms with van der Waals surface area (Å²) in [6, 6.07) is 8.86. The average molecular weight is 350 g/mol. The lowest BCUT2D eigenvalue weighted by molar-refractivity contribution is 0.526. The molecule has 2 aromatic rings. The van der Waals surface area contributed by atoms with Crippen molar-refractivity contribution in [2.24, 2.45) is 0 Å². The summed E-state index contributed by atoms with van der Waals surface area (Å²) in [5.41, 5.74) is 3.96. The Kier molecular flexibility index (Phi) is 6.00. The van der Waals surface area contributed by atoms with E-state index in [-0.39, 0.29) is 6.04 Å². The van der Waals surface area contributed by atoms with Gasteiger partial charge in [-0.15, -0.1) is 0 Å². The van der Waals surface area contributed by atoms with Gasteiger partial charge < -0.3 is 5.32 Å². The van der Waals surface area contributed by atoms with Gasteiger partial charge in [0.05, 0.1) is 22.4 Å². The fourth-order valence-electron chi connectivity index (χ4n) is 2.69. The second kappa shape index (κ2) is 7.76. The van der Waals surface area contributed by atoms with Crippen molar-refractivity contribution in [1.82, 2.24) is 15.1 Å². The van der Waals surface area contributed by atoms with Gasteiger partial charge in [0.1, 0.15) is 0 Å². The molecule has 1 N–H and O–H groups in total. The van der Waals surface area contributed by atoms with Crippen LogP contribution in [0.15, 0.2) is 34.9 Å². The zero-order valence-corrected chi connectivity index (χ0v) is 14.7. The molecule has 0 aliphatic heterocycles. The highest BCUT2D eigenvalue weighted by molar-refractivity contribution is 9.10. The predicted molar refractivity (Wildman–Crippen MR) is 91.6 cm³/mol. The van der Waals surface area contributed by atoms with Gasteiger partial charge in [0.25, 0.3) is 0 Å². The number of benzene rings is 1. The summed E-state index contributed by atoms with van der Waals surface area (Å²) in [4.78, 5) is 0. The Morgan fingerprint density at radius 2 is 2.00 bits per heavy atom. The second-order valence-corrected chi connectivity index (χ2v) is 5.99. The molecule has 21 heavy (non-hydrogen) atoms. The van der Waals surface area contributed by atoms with E-state index >= 15 is 0 Å². The fraction of sp³-hybridized carbons (Fsp3) is 0.471. The van der Waals surface area contributed by atoms with Crippen LogP contribution in [0.25, 0.3) is 0 Å². The Balaban J connectivity index is 2.50. The van der Waals surface area contributed by atoms with Crippen LogP contribution in [0.1, 0.15) is 50.1 Å². The molecule has 0 fully saturated rings. The van der Waals surface area contributed by atoms with Gasteiger partial charge in [-0.3, -0.25) is 4.68 Å². The molecule has 0 bridgehead atoms. The van der Waals surface area contributed by atoms with Crippen LogP contribution in [0.5, 0.6) is 0 Å². The highest BCUT2D eigenvalue weighted by Crippen LogP contribution is 2.30. The van der Waals surface area contributed by atoms with Gasteiger partial charge >= 0.3 is 0 Å². The first-order valence-electron chi connectivity index (χ1n) is 7.75. The molecule has 1 atom stereocenters. The van der Waals surface area contributed by atoms with Crippen molar-refractivity contribution in [2.45, 2.75) is 46.2 Å². The van der Waals surface area contributed by atoms with E-state index in [0.29, 0.717) is 0 Å². The van der Waals surface area contributed by atoms with Crippen molar-refractivity contribution in [3.05, 3.63) is 51.8 Å². The van der Waals surface area contributed by atoms with E-state index < -0.39 is 0 Å². The third-order valence-corrected chi connectivity index (χ3v) is 4.36. The highest BCUT2D eigenvalue weighted by atomic mass is 79.9. The largest absolute Gasteiger partial charge is 0.305 e. The first-order valence-corrected chi connectivity index (χ1v) is 8.54. The fourth-order valence-corrected chi connectivity index (χ4v) is 3.22. The lowest BCUT2D eigenvalue weighted by Crippen LogP contribution is -2.27. The van der Waals surface area contributed by atoms with Crippen molar-refractivity contribution in [2.75, 3.05) is 6.54 Å². The van der Waals surface area contributed by atoms with Crippen LogP contribution in [0.2, 0.25) is 0 Å². The van der Waals surface area contributed by atoms with Gasteiger partial charge in [-0.05, 0) is 53.4 Å². The van der Waals surface area contributed by atoms with Gasteiger partial charge in [0.15, 0.2) is 0 Å².